The fourth-order valence-corrected chi connectivity index (χ4v) is 2.82. The molecular formula is C26H44N2O10. The lowest BCUT2D eigenvalue weighted by Crippen LogP contribution is -2.36. The predicted octanol–water partition coefficient (Wildman–Crippen LogP) is 1.79. The van der Waals surface area contributed by atoms with Crippen molar-refractivity contribution in [2.75, 3.05) is 46.1 Å². The van der Waals surface area contributed by atoms with Gasteiger partial charge in [-0.15, -0.1) is 0 Å². The lowest BCUT2D eigenvalue weighted by molar-refractivity contribution is -0.148. The monoisotopic (exact) mass is 544 g/mol. The Kier molecular flexibility index (Phi) is 27.5. The number of hydrogen-bond donors (Lipinski definition) is 2. The van der Waals surface area contributed by atoms with Crippen molar-refractivity contribution in [3.8, 4) is 0 Å². The molecule has 0 spiro atoms. The van der Waals surface area contributed by atoms with E-state index < -0.39 is 36.1 Å². The van der Waals surface area contributed by atoms with E-state index in [1.54, 1.807) is 0 Å². The van der Waals surface area contributed by atoms with Crippen molar-refractivity contribution in [3.63, 3.8) is 0 Å². The second-order valence-electron chi connectivity index (χ2n) is 7.95. The number of rotatable bonds is 23. The predicted molar refractivity (Wildman–Crippen MR) is 139 cm³/mol. The third kappa shape index (κ3) is 27.3. The van der Waals surface area contributed by atoms with Gasteiger partial charge in [0.15, 0.2) is 0 Å². The molecule has 0 radical (unpaired) electrons. The first-order chi connectivity index (χ1) is 18.4. The minimum absolute atomic E-state index is 0.128. The van der Waals surface area contributed by atoms with Crippen LogP contribution < -0.4 is 10.6 Å². The molecule has 0 rings (SSSR count). The van der Waals surface area contributed by atoms with Crippen LogP contribution in [0.5, 0.6) is 0 Å². The minimum Gasteiger partial charge on any atom is -0.465 e. The standard InChI is InChI=1S/C25H42N2O9.CH2O/c1-3-5-6-10-15-34-24(31)19-21(28)26-12-13-27-22(29)20-25(32)35-16-11-8-7-9-14-33-17-18-36-23(30)4-2;1-2/h4H,2-3,5-20H2,1H3,(H,26,28)(H,27,29);1H2. The quantitative estimate of drug-likeness (QED) is 0.0637. The fraction of sp³-hybridized carbons (Fsp3) is 0.692. The molecule has 0 bridgehead atoms. The highest BCUT2D eigenvalue weighted by molar-refractivity contribution is 5.95. The number of amides is 2. The summed E-state index contributed by atoms with van der Waals surface area (Å²) >= 11 is 0. The van der Waals surface area contributed by atoms with E-state index in [1.165, 1.54) is 0 Å². The summed E-state index contributed by atoms with van der Waals surface area (Å²) in [6.45, 7) is 9.27. The molecule has 12 nitrogen and oxygen atoms in total. The highest BCUT2D eigenvalue weighted by Crippen LogP contribution is 2.02. The van der Waals surface area contributed by atoms with Crippen LogP contribution in [0.15, 0.2) is 12.7 Å². The second kappa shape index (κ2) is 28.3. The Balaban J connectivity index is 0. The first-order valence-corrected chi connectivity index (χ1v) is 12.9. The summed E-state index contributed by atoms with van der Waals surface area (Å²) < 4.78 is 20.1. The highest BCUT2D eigenvalue weighted by atomic mass is 16.6. The number of esters is 3. The molecule has 0 heterocycles. The number of carbonyl (C=O) groups is 6. The van der Waals surface area contributed by atoms with Crippen molar-refractivity contribution in [2.24, 2.45) is 0 Å². The average Bonchev–Trinajstić information content (AvgIpc) is 2.90. The van der Waals surface area contributed by atoms with Crippen LogP contribution in [-0.2, 0) is 47.7 Å². The summed E-state index contributed by atoms with van der Waals surface area (Å²) in [6.07, 6.45) is 7.53. The molecule has 0 aromatic carbocycles. The van der Waals surface area contributed by atoms with Crippen LogP contribution in [0.4, 0.5) is 0 Å². The van der Waals surface area contributed by atoms with E-state index in [4.69, 9.17) is 23.7 Å². The molecule has 0 saturated carbocycles. The van der Waals surface area contributed by atoms with Gasteiger partial charge in [0.25, 0.3) is 0 Å². The molecule has 38 heavy (non-hydrogen) atoms. The Bertz CT molecular complexity index is 685. The average molecular weight is 545 g/mol. The zero-order valence-corrected chi connectivity index (χ0v) is 22.6. The van der Waals surface area contributed by atoms with Crippen molar-refractivity contribution >= 4 is 36.5 Å². The first-order valence-electron chi connectivity index (χ1n) is 12.9. The van der Waals surface area contributed by atoms with Crippen LogP contribution in [0.1, 0.15) is 71.1 Å². The molecule has 0 aromatic rings. The number of nitrogens with one attached hydrogen (secondary N) is 2. The van der Waals surface area contributed by atoms with Crippen LogP contribution in [0.2, 0.25) is 0 Å². The summed E-state index contributed by atoms with van der Waals surface area (Å²) in [7, 11) is 0. The number of carbonyl (C=O) groups excluding carboxylic acids is 6. The lowest BCUT2D eigenvalue weighted by Gasteiger charge is -2.08. The Hall–Kier alpha value is -3.28. The van der Waals surface area contributed by atoms with Crippen LogP contribution >= 0.6 is 0 Å². The van der Waals surface area contributed by atoms with E-state index in [0.29, 0.717) is 26.2 Å². The van der Waals surface area contributed by atoms with Gasteiger partial charge < -0.3 is 34.4 Å². The van der Waals surface area contributed by atoms with E-state index in [9.17, 15) is 24.0 Å². The zero-order valence-electron chi connectivity index (χ0n) is 22.6. The molecule has 0 saturated heterocycles. The first kappa shape index (κ1) is 36.9. The van der Waals surface area contributed by atoms with Crippen molar-refractivity contribution in [1.29, 1.82) is 0 Å². The van der Waals surface area contributed by atoms with E-state index in [-0.39, 0.29) is 32.7 Å². The third-order valence-electron chi connectivity index (χ3n) is 4.72. The molecule has 2 N–H and O–H groups in total. The van der Waals surface area contributed by atoms with Gasteiger partial charge in [-0.05, 0) is 25.7 Å². The normalized spacial score (nSPS) is 9.82. The fourth-order valence-electron chi connectivity index (χ4n) is 2.82. The highest BCUT2D eigenvalue weighted by Gasteiger charge is 2.12. The molecule has 0 aliphatic heterocycles. The van der Waals surface area contributed by atoms with E-state index in [0.717, 1.165) is 51.0 Å². The summed E-state index contributed by atoms with van der Waals surface area (Å²) in [5.41, 5.74) is 0. The molecule has 0 fully saturated rings. The van der Waals surface area contributed by atoms with Gasteiger partial charge in [0, 0.05) is 25.8 Å². The van der Waals surface area contributed by atoms with E-state index in [2.05, 4.69) is 24.1 Å². The smallest absolute Gasteiger partial charge is 0.330 e. The van der Waals surface area contributed by atoms with Crippen molar-refractivity contribution in [3.05, 3.63) is 12.7 Å². The molecule has 0 atom stereocenters. The number of unbranched alkanes of at least 4 members (excludes halogenated alkanes) is 6. The van der Waals surface area contributed by atoms with E-state index >= 15 is 0 Å². The largest absolute Gasteiger partial charge is 0.465 e. The molecule has 12 heteroatoms. The molecule has 0 unspecified atom stereocenters. The van der Waals surface area contributed by atoms with Crippen molar-refractivity contribution in [1.82, 2.24) is 10.6 Å². The van der Waals surface area contributed by atoms with Gasteiger partial charge in [-0.3, -0.25) is 19.2 Å². The molecule has 0 aliphatic carbocycles. The molecule has 0 aliphatic rings. The Labute approximate surface area is 225 Å². The van der Waals surface area contributed by atoms with Gasteiger partial charge in [0.2, 0.25) is 11.8 Å². The summed E-state index contributed by atoms with van der Waals surface area (Å²) in [5, 5.41) is 5.02. The summed E-state index contributed by atoms with van der Waals surface area (Å²) in [5.74, 6) is -2.65. The maximum atomic E-state index is 11.8. The minimum atomic E-state index is -0.615. The number of hydrogen-bond acceptors (Lipinski definition) is 10. The topological polar surface area (TPSA) is 163 Å². The van der Waals surface area contributed by atoms with Crippen LogP contribution in [-0.4, -0.2) is 82.6 Å². The molecule has 0 aromatic heterocycles. The second-order valence-corrected chi connectivity index (χ2v) is 7.95. The van der Waals surface area contributed by atoms with Crippen LogP contribution in [0.25, 0.3) is 0 Å². The summed E-state index contributed by atoms with van der Waals surface area (Å²) in [6, 6.07) is 0. The maximum Gasteiger partial charge on any atom is 0.330 e. The Morgan fingerprint density at radius 3 is 1.58 bits per heavy atom. The molecule has 218 valence electrons. The maximum absolute atomic E-state index is 11.8. The van der Waals surface area contributed by atoms with Gasteiger partial charge in [-0.1, -0.05) is 39.2 Å². The Morgan fingerprint density at radius 1 is 0.632 bits per heavy atom. The van der Waals surface area contributed by atoms with Crippen molar-refractivity contribution in [2.45, 2.75) is 71.1 Å². The zero-order chi connectivity index (χ0) is 28.9. The van der Waals surface area contributed by atoms with Gasteiger partial charge in [0.05, 0.1) is 19.8 Å². The van der Waals surface area contributed by atoms with Crippen LogP contribution in [0.3, 0.4) is 0 Å². The number of ether oxygens (including phenoxy) is 4. The third-order valence-corrected chi connectivity index (χ3v) is 4.72. The van der Waals surface area contributed by atoms with Gasteiger partial charge in [0.1, 0.15) is 26.2 Å². The lowest BCUT2D eigenvalue weighted by atomic mass is 10.2. The Morgan fingerprint density at radius 2 is 1.11 bits per heavy atom. The van der Waals surface area contributed by atoms with Crippen LogP contribution in [0, 0.1) is 0 Å². The molecular weight excluding hydrogens is 500 g/mol. The SMILES string of the molecule is C=CC(=O)OCCOCCCCCCOC(=O)CC(=O)NCCNC(=O)CC(=O)OCCCCCC.C=O. The van der Waals surface area contributed by atoms with E-state index in [1.807, 2.05) is 6.79 Å². The van der Waals surface area contributed by atoms with Crippen molar-refractivity contribution < 1.29 is 47.7 Å². The molecule has 2 amide bonds. The van der Waals surface area contributed by atoms with Gasteiger partial charge >= 0.3 is 17.9 Å². The summed E-state index contributed by atoms with van der Waals surface area (Å²) in [4.78, 5) is 65.5. The van der Waals surface area contributed by atoms with Gasteiger partial charge in [-0.25, -0.2) is 4.79 Å². The van der Waals surface area contributed by atoms with Gasteiger partial charge in [-0.2, -0.15) is 0 Å².